The van der Waals surface area contributed by atoms with E-state index in [0.29, 0.717) is 11.3 Å². The Labute approximate surface area is 293 Å². The standard InChI is InChI=1S/C45H34N4Si/c1-47-34-20-24-37(25-21-34)49(42-12-8-9-13-43(42)50(2,3)4)41-29-19-33-16-26-38-40(28-18-32-17-27-39(41)45(33)44(32)38)48(35-10-6-5-7-11-35)36-22-14-31(30-46)15-23-36/h5-29H,2-4H3. The Hall–Kier alpha value is -6.40. The SMILES string of the molecule is [C-]#[N+]c1ccc(N(c2ccccc2[Si](C)(C)C)c2ccc3ccc4c(N(c5ccccc5)c5ccc(C#N)cc5)ccc5ccc2c3c54)cc1. The summed E-state index contributed by atoms with van der Waals surface area (Å²) in [4.78, 5) is 8.34. The van der Waals surface area contributed by atoms with E-state index in [2.05, 4.69) is 150 Å². The number of benzene rings is 8. The van der Waals surface area contributed by atoms with E-state index in [-0.39, 0.29) is 0 Å². The number of hydrogen-bond acceptors (Lipinski definition) is 3. The maximum absolute atomic E-state index is 9.51. The number of para-hydroxylation sites is 2. The van der Waals surface area contributed by atoms with Gasteiger partial charge in [-0.15, -0.1) is 0 Å². The summed E-state index contributed by atoms with van der Waals surface area (Å²) in [5, 5.41) is 18.0. The third-order valence-corrected chi connectivity index (χ3v) is 11.6. The zero-order chi connectivity index (χ0) is 34.4. The minimum absolute atomic E-state index is 0.625. The molecule has 8 aromatic carbocycles. The van der Waals surface area contributed by atoms with Crippen LogP contribution in [0.25, 0.3) is 37.2 Å². The van der Waals surface area contributed by atoms with Gasteiger partial charge in [0.05, 0.1) is 37.7 Å². The Morgan fingerprint density at radius 1 is 0.520 bits per heavy atom. The van der Waals surface area contributed by atoms with Gasteiger partial charge < -0.3 is 9.80 Å². The molecule has 0 fully saturated rings. The van der Waals surface area contributed by atoms with Crippen molar-refractivity contribution >= 4 is 85.4 Å². The summed E-state index contributed by atoms with van der Waals surface area (Å²) < 4.78 is 0. The van der Waals surface area contributed by atoms with Crippen molar-refractivity contribution in [3.63, 3.8) is 0 Å². The van der Waals surface area contributed by atoms with Gasteiger partial charge in [-0.2, -0.15) is 5.26 Å². The molecule has 0 saturated carbocycles. The normalized spacial score (nSPS) is 11.5. The number of nitriles is 1. The zero-order valence-electron chi connectivity index (χ0n) is 28.2. The second kappa shape index (κ2) is 12.2. The minimum Gasteiger partial charge on any atom is -0.310 e. The monoisotopic (exact) mass is 658 g/mol. The molecule has 0 radical (unpaired) electrons. The van der Waals surface area contributed by atoms with Crippen LogP contribution >= 0.6 is 0 Å². The lowest BCUT2D eigenvalue weighted by Crippen LogP contribution is -2.40. The van der Waals surface area contributed by atoms with Crippen molar-refractivity contribution < 1.29 is 0 Å². The third kappa shape index (κ3) is 5.22. The molecule has 50 heavy (non-hydrogen) atoms. The molecule has 0 aromatic heterocycles. The Bertz CT molecular complexity index is 2590. The number of anilines is 6. The molecule has 0 aliphatic rings. The summed E-state index contributed by atoms with van der Waals surface area (Å²) in [6, 6.07) is 55.2. The van der Waals surface area contributed by atoms with Crippen molar-refractivity contribution in [2.45, 2.75) is 19.6 Å². The maximum atomic E-state index is 9.51. The van der Waals surface area contributed by atoms with E-state index in [9.17, 15) is 5.26 Å². The molecule has 8 rings (SSSR count). The van der Waals surface area contributed by atoms with E-state index in [4.69, 9.17) is 6.57 Å². The fourth-order valence-corrected chi connectivity index (χ4v) is 8.80. The molecular weight excluding hydrogens is 625 g/mol. The van der Waals surface area contributed by atoms with Crippen molar-refractivity contribution in [1.29, 1.82) is 5.26 Å². The molecule has 0 bridgehead atoms. The first-order valence-corrected chi connectivity index (χ1v) is 20.3. The molecule has 0 spiro atoms. The van der Waals surface area contributed by atoms with Gasteiger partial charge in [-0.05, 0) is 93.5 Å². The lowest BCUT2D eigenvalue weighted by molar-refractivity contribution is 1.29. The predicted molar refractivity (Wildman–Crippen MR) is 213 cm³/mol. The summed E-state index contributed by atoms with van der Waals surface area (Å²) in [7, 11) is -1.76. The Balaban J connectivity index is 1.41. The van der Waals surface area contributed by atoms with Crippen LogP contribution in [0.5, 0.6) is 0 Å². The molecule has 5 heteroatoms. The van der Waals surface area contributed by atoms with E-state index < -0.39 is 8.07 Å². The second-order valence-corrected chi connectivity index (χ2v) is 18.7. The smallest absolute Gasteiger partial charge is 0.187 e. The highest BCUT2D eigenvalue weighted by Gasteiger charge is 2.26. The van der Waals surface area contributed by atoms with Gasteiger partial charge in [0, 0.05) is 33.5 Å². The van der Waals surface area contributed by atoms with Crippen molar-refractivity contribution in [2.75, 3.05) is 9.80 Å². The second-order valence-electron chi connectivity index (χ2n) is 13.7. The van der Waals surface area contributed by atoms with Gasteiger partial charge in [-0.25, -0.2) is 4.85 Å². The van der Waals surface area contributed by atoms with Crippen LogP contribution in [0.15, 0.2) is 152 Å². The number of nitrogens with zero attached hydrogens (tertiary/aromatic N) is 4. The Morgan fingerprint density at radius 3 is 1.60 bits per heavy atom. The lowest BCUT2D eigenvalue weighted by Gasteiger charge is -2.32. The molecular formula is C45H34N4Si. The summed E-state index contributed by atoms with van der Waals surface area (Å²) >= 11 is 0. The van der Waals surface area contributed by atoms with Gasteiger partial charge in [-0.1, -0.05) is 105 Å². The van der Waals surface area contributed by atoms with Crippen molar-refractivity contribution in [3.05, 3.63) is 169 Å². The van der Waals surface area contributed by atoms with Crippen LogP contribution in [0.3, 0.4) is 0 Å². The summed E-state index contributed by atoms with van der Waals surface area (Å²) in [6.45, 7) is 14.7. The van der Waals surface area contributed by atoms with Gasteiger partial charge in [0.1, 0.15) is 0 Å². The molecule has 0 atom stereocenters. The predicted octanol–water partition coefficient (Wildman–Crippen LogP) is 12.5. The molecule has 0 aliphatic carbocycles. The van der Waals surface area contributed by atoms with E-state index in [0.717, 1.165) is 33.8 Å². The Morgan fingerprint density at radius 2 is 1.02 bits per heavy atom. The van der Waals surface area contributed by atoms with Crippen LogP contribution in [-0.2, 0) is 0 Å². The van der Waals surface area contributed by atoms with Crippen molar-refractivity contribution in [1.82, 2.24) is 0 Å². The van der Waals surface area contributed by atoms with Crippen LogP contribution in [0.2, 0.25) is 19.6 Å². The third-order valence-electron chi connectivity index (χ3n) is 9.56. The average Bonchev–Trinajstić information content (AvgIpc) is 3.15. The zero-order valence-corrected chi connectivity index (χ0v) is 29.2. The maximum Gasteiger partial charge on any atom is 0.187 e. The molecule has 0 heterocycles. The first kappa shape index (κ1) is 30.9. The molecule has 4 nitrogen and oxygen atoms in total. The van der Waals surface area contributed by atoms with Crippen molar-refractivity contribution in [2.24, 2.45) is 0 Å². The van der Waals surface area contributed by atoms with Crippen LogP contribution in [0, 0.1) is 17.9 Å². The average molecular weight is 659 g/mol. The van der Waals surface area contributed by atoms with Crippen molar-refractivity contribution in [3.8, 4) is 6.07 Å². The van der Waals surface area contributed by atoms with Gasteiger partial charge >= 0.3 is 0 Å². The molecule has 0 unspecified atom stereocenters. The Kier molecular flexibility index (Phi) is 7.56. The highest BCUT2D eigenvalue weighted by atomic mass is 28.3. The van der Waals surface area contributed by atoms with E-state index >= 15 is 0 Å². The van der Waals surface area contributed by atoms with E-state index in [1.54, 1.807) is 0 Å². The highest BCUT2D eigenvalue weighted by molar-refractivity contribution is 6.89. The lowest BCUT2D eigenvalue weighted by atomic mass is 9.91. The van der Waals surface area contributed by atoms with E-state index in [1.165, 1.54) is 37.8 Å². The molecule has 0 aliphatic heterocycles. The summed E-state index contributed by atoms with van der Waals surface area (Å²) in [5.74, 6) is 0. The van der Waals surface area contributed by atoms with Gasteiger partial charge in [0.2, 0.25) is 0 Å². The first-order chi connectivity index (χ1) is 24.4. The summed E-state index contributed by atoms with van der Waals surface area (Å²) in [5.41, 5.74) is 7.67. The minimum atomic E-state index is -1.76. The van der Waals surface area contributed by atoms with E-state index in [1.807, 2.05) is 42.5 Å². The van der Waals surface area contributed by atoms with Gasteiger partial charge in [-0.3, -0.25) is 0 Å². The van der Waals surface area contributed by atoms with Crippen LogP contribution in [0.4, 0.5) is 39.8 Å². The largest absolute Gasteiger partial charge is 0.310 e. The topological polar surface area (TPSA) is 34.6 Å². The number of rotatable bonds is 7. The highest BCUT2D eigenvalue weighted by Crippen LogP contribution is 2.47. The van der Waals surface area contributed by atoms with Gasteiger partial charge in [0.15, 0.2) is 5.69 Å². The molecule has 238 valence electrons. The number of hydrogen-bond donors (Lipinski definition) is 0. The quantitative estimate of drug-likeness (QED) is 0.0971. The van der Waals surface area contributed by atoms with Gasteiger partial charge in [0.25, 0.3) is 0 Å². The summed E-state index contributed by atoms with van der Waals surface area (Å²) in [6.07, 6.45) is 0. The first-order valence-electron chi connectivity index (χ1n) is 16.8. The molecule has 0 saturated heterocycles. The fourth-order valence-electron chi connectivity index (χ4n) is 7.24. The van der Waals surface area contributed by atoms with Crippen LogP contribution in [-0.4, -0.2) is 8.07 Å². The molecule has 0 amide bonds. The fraction of sp³-hybridized carbons (Fsp3) is 0.0667. The van der Waals surface area contributed by atoms with Crippen LogP contribution in [0.1, 0.15) is 5.56 Å². The molecule has 8 aromatic rings. The molecule has 0 N–H and O–H groups in total. The van der Waals surface area contributed by atoms with Crippen LogP contribution < -0.4 is 15.0 Å².